The molecule has 3 aromatic rings. The molecule has 0 unspecified atom stereocenters. The van der Waals surface area contributed by atoms with E-state index in [0.29, 0.717) is 5.56 Å². The van der Waals surface area contributed by atoms with Gasteiger partial charge in [-0.25, -0.2) is 23.3 Å². The van der Waals surface area contributed by atoms with E-state index in [2.05, 4.69) is 14.4 Å². The van der Waals surface area contributed by atoms with Crippen LogP contribution >= 0.6 is 0 Å². The Kier molecular flexibility index (Phi) is 6.59. The standard InChI is InChI=1S/C23H22F2N4O5S/c1-13-16-10-9-15(33-22-18(24)7-5-11-27-22)12-20(16)34-23(30)29(13)14(2)17-6-4-8-19(21(17)25)28-35(31,32)26-3/h4-14,26,28H,1-3H3/t13-,14+/m0/s1. The van der Waals surface area contributed by atoms with E-state index < -0.39 is 40.0 Å². The minimum Gasteiger partial charge on any atom is -0.436 e. The molecule has 1 amide bonds. The fraction of sp³-hybridized carbons (Fsp3) is 0.217. The Bertz CT molecular complexity index is 1390. The van der Waals surface area contributed by atoms with Gasteiger partial charge in [-0.3, -0.25) is 9.62 Å². The quantitative estimate of drug-likeness (QED) is 0.484. The summed E-state index contributed by atoms with van der Waals surface area (Å²) < 4.78 is 67.8. The molecule has 35 heavy (non-hydrogen) atoms. The normalized spacial score (nSPS) is 16.3. The second-order valence-electron chi connectivity index (χ2n) is 7.74. The van der Waals surface area contributed by atoms with Crippen molar-refractivity contribution in [2.45, 2.75) is 25.9 Å². The predicted molar refractivity (Wildman–Crippen MR) is 123 cm³/mol. The maximum absolute atomic E-state index is 15.2. The molecule has 1 aliphatic rings. The highest BCUT2D eigenvalue weighted by Gasteiger charge is 2.37. The van der Waals surface area contributed by atoms with Crippen LogP contribution in [0.25, 0.3) is 0 Å². The van der Waals surface area contributed by atoms with Gasteiger partial charge in [-0.05, 0) is 44.2 Å². The number of rotatable bonds is 7. The molecule has 0 bridgehead atoms. The summed E-state index contributed by atoms with van der Waals surface area (Å²) in [7, 11) is -2.75. The number of anilines is 1. The lowest BCUT2D eigenvalue weighted by Crippen LogP contribution is -2.41. The summed E-state index contributed by atoms with van der Waals surface area (Å²) in [5.74, 6) is -1.24. The van der Waals surface area contributed by atoms with Gasteiger partial charge in [-0.1, -0.05) is 12.1 Å². The molecule has 0 aliphatic carbocycles. The maximum Gasteiger partial charge on any atom is 0.416 e. The van der Waals surface area contributed by atoms with Crippen molar-refractivity contribution < 1.29 is 31.5 Å². The van der Waals surface area contributed by atoms with Crippen LogP contribution in [-0.2, 0) is 10.2 Å². The summed E-state index contributed by atoms with van der Waals surface area (Å²) in [5.41, 5.74) is 0.461. The first-order chi connectivity index (χ1) is 16.6. The van der Waals surface area contributed by atoms with E-state index in [1.165, 1.54) is 54.5 Å². The number of carbonyl (C=O) groups is 1. The smallest absolute Gasteiger partial charge is 0.416 e. The maximum atomic E-state index is 15.2. The molecule has 2 aromatic carbocycles. The van der Waals surface area contributed by atoms with E-state index in [0.717, 1.165) is 0 Å². The van der Waals surface area contributed by atoms with Gasteiger partial charge in [-0.15, -0.1) is 0 Å². The van der Waals surface area contributed by atoms with Crippen molar-refractivity contribution in [1.82, 2.24) is 14.6 Å². The van der Waals surface area contributed by atoms with Crippen LogP contribution in [-0.4, -0.2) is 31.4 Å². The highest BCUT2D eigenvalue weighted by molar-refractivity contribution is 7.90. The average Bonchev–Trinajstić information content (AvgIpc) is 2.81. The van der Waals surface area contributed by atoms with Gasteiger partial charge in [0.2, 0.25) is 0 Å². The van der Waals surface area contributed by atoms with E-state index in [-0.39, 0.29) is 28.6 Å². The second-order valence-corrected chi connectivity index (χ2v) is 9.36. The zero-order valence-corrected chi connectivity index (χ0v) is 19.8. The van der Waals surface area contributed by atoms with Crippen molar-refractivity contribution in [3.05, 3.63) is 77.5 Å². The summed E-state index contributed by atoms with van der Waals surface area (Å²) in [4.78, 5) is 18.1. The summed E-state index contributed by atoms with van der Waals surface area (Å²) >= 11 is 0. The van der Waals surface area contributed by atoms with Crippen molar-refractivity contribution in [2.75, 3.05) is 11.8 Å². The van der Waals surface area contributed by atoms with Gasteiger partial charge in [0.15, 0.2) is 11.6 Å². The minimum absolute atomic E-state index is 0.0964. The largest absolute Gasteiger partial charge is 0.436 e. The first-order valence-corrected chi connectivity index (χ1v) is 12.0. The fourth-order valence-corrected chi connectivity index (χ4v) is 4.36. The van der Waals surface area contributed by atoms with Crippen LogP contribution < -0.4 is 18.9 Å². The number of halogens is 2. The minimum atomic E-state index is -3.94. The highest BCUT2D eigenvalue weighted by Crippen LogP contribution is 2.42. The van der Waals surface area contributed by atoms with Crippen LogP contribution in [0.2, 0.25) is 0 Å². The zero-order chi connectivity index (χ0) is 25.3. The SMILES string of the molecule is CNS(=O)(=O)Nc1cccc([C@@H](C)N2C(=O)Oc3cc(Oc4ncccc4F)ccc3[C@@H]2C)c1F. The number of fused-ring (bicyclic) bond motifs is 1. The van der Waals surface area contributed by atoms with E-state index >= 15 is 4.39 Å². The Morgan fingerprint density at radius 3 is 2.66 bits per heavy atom. The Morgan fingerprint density at radius 1 is 1.17 bits per heavy atom. The molecule has 0 radical (unpaired) electrons. The van der Waals surface area contributed by atoms with E-state index in [1.54, 1.807) is 26.0 Å². The summed E-state index contributed by atoms with van der Waals surface area (Å²) in [6.07, 6.45) is 0.648. The molecule has 0 saturated heterocycles. The topological polar surface area (TPSA) is 110 Å². The summed E-state index contributed by atoms with van der Waals surface area (Å²) in [6.45, 7) is 3.36. The Hall–Kier alpha value is -3.77. The number of amides is 1. The van der Waals surface area contributed by atoms with E-state index in [4.69, 9.17) is 9.47 Å². The third-order valence-electron chi connectivity index (χ3n) is 5.61. The molecule has 2 atom stereocenters. The van der Waals surface area contributed by atoms with Crippen LogP contribution in [0, 0.1) is 11.6 Å². The molecular formula is C23H22F2N4O5S. The molecule has 1 aromatic heterocycles. The Morgan fingerprint density at radius 2 is 1.94 bits per heavy atom. The molecule has 1 aliphatic heterocycles. The van der Waals surface area contributed by atoms with Crippen molar-refractivity contribution in [2.24, 2.45) is 0 Å². The first kappa shape index (κ1) is 24.4. The first-order valence-electron chi connectivity index (χ1n) is 10.5. The highest BCUT2D eigenvalue weighted by atomic mass is 32.2. The predicted octanol–water partition coefficient (Wildman–Crippen LogP) is 4.66. The summed E-state index contributed by atoms with van der Waals surface area (Å²) in [6, 6.07) is 10.2. The number of carbonyl (C=O) groups excluding carboxylic acids is 1. The number of benzene rings is 2. The van der Waals surface area contributed by atoms with E-state index in [1.807, 2.05) is 0 Å². The number of pyridine rings is 1. The van der Waals surface area contributed by atoms with E-state index in [9.17, 15) is 17.6 Å². The monoisotopic (exact) mass is 504 g/mol. The Balaban J connectivity index is 1.61. The number of ether oxygens (including phenoxy) is 2. The van der Waals surface area contributed by atoms with Crippen LogP contribution in [0.15, 0.2) is 54.7 Å². The lowest BCUT2D eigenvalue weighted by atomic mass is 9.99. The van der Waals surface area contributed by atoms with Gasteiger partial charge >= 0.3 is 6.09 Å². The van der Waals surface area contributed by atoms with Gasteiger partial charge in [0.25, 0.3) is 16.1 Å². The number of aromatic nitrogens is 1. The molecule has 0 saturated carbocycles. The third kappa shape index (κ3) is 4.88. The molecule has 4 rings (SSSR count). The lowest BCUT2D eigenvalue weighted by molar-refractivity contribution is 0.0981. The molecule has 9 nitrogen and oxygen atoms in total. The van der Waals surface area contributed by atoms with Crippen LogP contribution in [0.3, 0.4) is 0 Å². The summed E-state index contributed by atoms with van der Waals surface area (Å²) in [5, 5.41) is 0. The zero-order valence-electron chi connectivity index (χ0n) is 19.0. The average molecular weight is 505 g/mol. The second kappa shape index (κ2) is 9.47. The number of nitrogens with one attached hydrogen (secondary N) is 2. The molecule has 2 heterocycles. The third-order valence-corrected chi connectivity index (χ3v) is 6.63. The molecule has 184 valence electrons. The van der Waals surface area contributed by atoms with Crippen molar-refractivity contribution in [1.29, 1.82) is 0 Å². The van der Waals surface area contributed by atoms with Crippen molar-refractivity contribution in [3.63, 3.8) is 0 Å². The number of hydrogen-bond donors (Lipinski definition) is 2. The van der Waals surface area contributed by atoms with Crippen LogP contribution in [0.4, 0.5) is 19.3 Å². The van der Waals surface area contributed by atoms with Crippen LogP contribution in [0.1, 0.15) is 37.1 Å². The molecular weight excluding hydrogens is 482 g/mol. The fourth-order valence-electron chi connectivity index (χ4n) is 3.81. The van der Waals surface area contributed by atoms with Gasteiger partial charge in [0.1, 0.15) is 11.5 Å². The molecule has 12 heteroatoms. The molecule has 0 fully saturated rings. The lowest BCUT2D eigenvalue weighted by Gasteiger charge is -2.38. The van der Waals surface area contributed by atoms with Crippen molar-refractivity contribution >= 4 is 22.0 Å². The van der Waals surface area contributed by atoms with Crippen molar-refractivity contribution in [3.8, 4) is 17.4 Å². The molecule has 2 N–H and O–H groups in total. The van der Waals surface area contributed by atoms with Gasteiger partial charge in [-0.2, -0.15) is 8.42 Å². The van der Waals surface area contributed by atoms with Gasteiger partial charge in [0.05, 0.1) is 17.8 Å². The van der Waals surface area contributed by atoms with Gasteiger partial charge in [0, 0.05) is 30.4 Å². The van der Waals surface area contributed by atoms with Gasteiger partial charge < -0.3 is 9.47 Å². The van der Waals surface area contributed by atoms with Crippen LogP contribution in [0.5, 0.6) is 17.4 Å². The number of hydrogen-bond acceptors (Lipinski definition) is 6. The Labute approximate surface area is 200 Å². The molecule has 0 spiro atoms. The number of nitrogens with zero attached hydrogens (tertiary/aromatic N) is 2.